The second kappa shape index (κ2) is 9.28. The van der Waals surface area contributed by atoms with Crippen molar-refractivity contribution in [1.82, 2.24) is 4.90 Å². The maximum Gasteiger partial charge on any atom is 0.246 e. The highest BCUT2D eigenvalue weighted by atomic mass is 35.5. The molecule has 1 atom stereocenters. The van der Waals surface area contributed by atoms with Crippen LogP contribution in [-0.4, -0.2) is 37.0 Å². The first-order valence-corrected chi connectivity index (χ1v) is 10.3. The molecule has 1 N–H and O–H groups in total. The van der Waals surface area contributed by atoms with Crippen molar-refractivity contribution in [3.63, 3.8) is 0 Å². The molecular formula is C24H23ClFN3O. The molecule has 1 aliphatic rings. The summed E-state index contributed by atoms with van der Waals surface area (Å²) in [5.41, 5.74) is 2.61. The van der Waals surface area contributed by atoms with Crippen LogP contribution < -0.4 is 10.2 Å². The normalized spacial score (nSPS) is 15.6. The zero-order valence-corrected chi connectivity index (χ0v) is 17.2. The van der Waals surface area contributed by atoms with Crippen LogP contribution in [0.4, 0.5) is 15.8 Å². The van der Waals surface area contributed by atoms with Crippen molar-refractivity contribution in [3.8, 4) is 0 Å². The molecule has 3 aromatic carbocycles. The summed E-state index contributed by atoms with van der Waals surface area (Å²) >= 11 is 6.14. The van der Waals surface area contributed by atoms with E-state index in [1.165, 1.54) is 12.1 Å². The zero-order valence-electron chi connectivity index (χ0n) is 16.5. The van der Waals surface area contributed by atoms with Gasteiger partial charge in [0, 0.05) is 42.6 Å². The van der Waals surface area contributed by atoms with E-state index >= 15 is 0 Å². The third-order valence-corrected chi connectivity index (χ3v) is 5.56. The van der Waals surface area contributed by atoms with Crippen LogP contribution in [0, 0.1) is 5.82 Å². The molecule has 1 fully saturated rings. The molecule has 1 heterocycles. The molecule has 4 nitrogen and oxygen atoms in total. The molecule has 0 unspecified atom stereocenters. The maximum atomic E-state index is 13.2. The Morgan fingerprint density at radius 2 is 1.60 bits per heavy atom. The van der Waals surface area contributed by atoms with E-state index in [-0.39, 0.29) is 11.7 Å². The molecule has 154 valence electrons. The van der Waals surface area contributed by atoms with E-state index in [0.717, 1.165) is 42.5 Å². The Labute approximate surface area is 180 Å². The van der Waals surface area contributed by atoms with Crippen molar-refractivity contribution in [3.05, 3.63) is 95.3 Å². The average Bonchev–Trinajstić information content (AvgIpc) is 2.77. The van der Waals surface area contributed by atoms with Gasteiger partial charge in [-0.15, -0.1) is 0 Å². The lowest BCUT2D eigenvalue weighted by Crippen LogP contribution is -2.50. The molecule has 0 spiro atoms. The Morgan fingerprint density at radius 3 is 2.27 bits per heavy atom. The van der Waals surface area contributed by atoms with Gasteiger partial charge in [0.1, 0.15) is 11.9 Å². The molecule has 1 saturated heterocycles. The Morgan fingerprint density at radius 1 is 0.900 bits per heavy atom. The van der Waals surface area contributed by atoms with E-state index in [9.17, 15) is 9.18 Å². The number of carbonyl (C=O) groups is 1. The Kier molecular flexibility index (Phi) is 6.31. The molecule has 3 aromatic rings. The minimum atomic E-state index is -0.419. The van der Waals surface area contributed by atoms with Gasteiger partial charge in [0.05, 0.1) is 0 Å². The van der Waals surface area contributed by atoms with Gasteiger partial charge in [-0.1, -0.05) is 48.0 Å². The molecule has 0 aromatic heterocycles. The third-order valence-electron chi connectivity index (χ3n) is 5.33. The van der Waals surface area contributed by atoms with Crippen LogP contribution in [0.25, 0.3) is 0 Å². The number of hydrogen-bond donors (Lipinski definition) is 1. The van der Waals surface area contributed by atoms with Crippen molar-refractivity contribution in [2.75, 3.05) is 36.4 Å². The summed E-state index contributed by atoms with van der Waals surface area (Å²) in [6.45, 7) is 3.08. The van der Waals surface area contributed by atoms with Crippen molar-refractivity contribution in [2.24, 2.45) is 0 Å². The first kappa shape index (κ1) is 20.4. The third kappa shape index (κ3) is 4.81. The summed E-state index contributed by atoms with van der Waals surface area (Å²) in [5, 5.41) is 3.66. The molecule has 0 bridgehead atoms. The van der Waals surface area contributed by atoms with Gasteiger partial charge in [0.25, 0.3) is 0 Å². The second-order valence-corrected chi connectivity index (χ2v) is 7.75. The number of anilines is 2. The first-order chi connectivity index (χ1) is 14.6. The summed E-state index contributed by atoms with van der Waals surface area (Å²) in [6, 6.07) is 23.0. The standard InChI is InChI=1S/C24H23ClFN3O/c25-19-7-4-8-22(17-19)28-13-15-29(16-14-28)23(18-5-2-1-3-6-18)24(30)27-21-11-9-20(26)10-12-21/h1-12,17,23H,13-16H2,(H,27,30)/t23-/m0/s1. The number of rotatable bonds is 5. The summed E-state index contributed by atoms with van der Waals surface area (Å²) in [7, 11) is 0. The Balaban J connectivity index is 1.50. The topological polar surface area (TPSA) is 35.6 Å². The van der Waals surface area contributed by atoms with Gasteiger partial charge in [-0.2, -0.15) is 0 Å². The lowest BCUT2D eigenvalue weighted by molar-refractivity contribution is -0.121. The van der Waals surface area contributed by atoms with Gasteiger partial charge in [-0.05, 0) is 48.0 Å². The van der Waals surface area contributed by atoms with E-state index in [1.807, 2.05) is 48.5 Å². The second-order valence-electron chi connectivity index (χ2n) is 7.31. The largest absolute Gasteiger partial charge is 0.369 e. The highest BCUT2D eigenvalue weighted by Gasteiger charge is 2.30. The van der Waals surface area contributed by atoms with Crippen molar-refractivity contribution < 1.29 is 9.18 Å². The predicted molar refractivity (Wildman–Crippen MR) is 119 cm³/mol. The molecule has 0 radical (unpaired) electrons. The molecule has 1 amide bonds. The molecule has 1 aliphatic heterocycles. The van der Waals surface area contributed by atoms with Gasteiger partial charge in [-0.3, -0.25) is 9.69 Å². The van der Waals surface area contributed by atoms with Crippen LogP contribution in [0.2, 0.25) is 5.02 Å². The molecule has 30 heavy (non-hydrogen) atoms. The number of hydrogen-bond acceptors (Lipinski definition) is 3. The zero-order chi connectivity index (χ0) is 20.9. The summed E-state index contributed by atoms with van der Waals surface area (Å²) in [6.07, 6.45) is 0. The summed E-state index contributed by atoms with van der Waals surface area (Å²) < 4.78 is 13.2. The van der Waals surface area contributed by atoms with Gasteiger partial charge in [-0.25, -0.2) is 4.39 Å². The first-order valence-electron chi connectivity index (χ1n) is 9.96. The van der Waals surface area contributed by atoms with Crippen LogP contribution >= 0.6 is 11.6 Å². The smallest absolute Gasteiger partial charge is 0.246 e. The number of benzene rings is 3. The van der Waals surface area contributed by atoms with E-state index < -0.39 is 6.04 Å². The average molecular weight is 424 g/mol. The minimum Gasteiger partial charge on any atom is -0.369 e. The van der Waals surface area contributed by atoms with E-state index in [4.69, 9.17) is 11.6 Å². The fourth-order valence-electron chi connectivity index (χ4n) is 3.82. The lowest BCUT2D eigenvalue weighted by atomic mass is 10.0. The van der Waals surface area contributed by atoms with Crippen molar-refractivity contribution in [1.29, 1.82) is 0 Å². The Hall–Kier alpha value is -2.89. The van der Waals surface area contributed by atoms with Crippen LogP contribution in [0.5, 0.6) is 0 Å². The predicted octanol–water partition coefficient (Wildman–Crippen LogP) is 4.98. The van der Waals surface area contributed by atoms with Gasteiger partial charge >= 0.3 is 0 Å². The van der Waals surface area contributed by atoms with Gasteiger partial charge < -0.3 is 10.2 Å². The van der Waals surface area contributed by atoms with Crippen LogP contribution in [-0.2, 0) is 4.79 Å². The highest BCUT2D eigenvalue weighted by molar-refractivity contribution is 6.30. The molecular weight excluding hydrogens is 401 g/mol. The number of carbonyl (C=O) groups excluding carboxylic acids is 1. The van der Waals surface area contributed by atoms with Crippen LogP contribution in [0.15, 0.2) is 78.9 Å². The van der Waals surface area contributed by atoms with Gasteiger partial charge in [0.2, 0.25) is 5.91 Å². The van der Waals surface area contributed by atoms with Crippen LogP contribution in [0.3, 0.4) is 0 Å². The number of piperazine rings is 1. The monoisotopic (exact) mass is 423 g/mol. The van der Waals surface area contributed by atoms with E-state index in [2.05, 4.69) is 21.2 Å². The number of nitrogens with one attached hydrogen (secondary N) is 1. The number of halogens is 2. The van der Waals surface area contributed by atoms with E-state index in [1.54, 1.807) is 12.1 Å². The molecule has 6 heteroatoms. The maximum absolute atomic E-state index is 13.2. The quantitative estimate of drug-likeness (QED) is 0.628. The fraction of sp³-hybridized carbons (Fsp3) is 0.208. The van der Waals surface area contributed by atoms with E-state index in [0.29, 0.717) is 5.69 Å². The Bertz CT molecular complexity index is 989. The molecule has 4 rings (SSSR count). The SMILES string of the molecule is O=C(Nc1ccc(F)cc1)[C@H](c1ccccc1)N1CCN(c2cccc(Cl)c2)CC1. The van der Waals surface area contributed by atoms with Gasteiger partial charge in [0.15, 0.2) is 0 Å². The summed E-state index contributed by atoms with van der Waals surface area (Å²) in [4.78, 5) is 17.7. The number of nitrogens with zero attached hydrogens (tertiary/aromatic N) is 2. The summed E-state index contributed by atoms with van der Waals surface area (Å²) in [5.74, 6) is -0.450. The van der Waals surface area contributed by atoms with Crippen LogP contribution in [0.1, 0.15) is 11.6 Å². The fourth-order valence-corrected chi connectivity index (χ4v) is 4.00. The lowest BCUT2D eigenvalue weighted by Gasteiger charge is -2.39. The van der Waals surface area contributed by atoms with Crippen molar-refractivity contribution >= 4 is 28.9 Å². The molecule has 0 saturated carbocycles. The minimum absolute atomic E-state index is 0.121. The number of amides is 1. The highest BCUT2D eigenvalue weighted by Crippen LogP contribution is 2.27. The molecule has 0 aliphatic carbocycles. The van der Waals surface area contributed by atoms with Crippen molar-refractivity contribution in [2.45, 2.75) is 6.04 Å².